The molecule has 8 nitrogen and oxygen atoms in total. The summed E-state index contributed by atoms with van der Waals surface area (Å²) in [5.41, 5.74) is 3.44. The minimum absolute atomic E-state index is 0.0103. The molecule has 0 saturated heterocycles. The van der Waals surface area contributed by atoms with Crippen molar-refractivity contribution < 1.29 is 18.9 Å². The highest BCUT2D eigenvalue weighted by atomic mass is 79.9. The molecule has 3 rings (SSSR count). The number of amides is 1. The number of furan rings is 1. The molecule has 1 N–H and O–H groups in total. The maximum atomic E-state index is 12.2. The molecule has 29 heavy (non-hydrogen) atoms. The van der Waals surface area contributed by atoms with Crippen LogP contribution in [0.4, 0.5) is 5.69 Å². The topological polar surface area (TPSA) is 107 Å². The highest BCUT2D eigenvalue weighted by molar-refractivity contribution is 9.10. The number of hydrogen-bond acceptors (Lipinski definition) is 6. The normalized spacial score (nSPS) is 12.2. The van der Waals surface area contributed by atoms with Crippen LogP contribution in [-0.2, 0) is 0 Å². The van der Waals surface area contributed by atoms with Crippen LogP contribution in [0.1, 0.15) is 36.4 Å². The molecule has 0 fully saturated rings. The molecule has 2 aromatic carbocycles. The van der Waals surface area contributed by atoms with Crippen molar-refractivity contribution in [3.63, 3.8) is 0 Å². The maximum Gasteiger partial charge on any atom is 0.307 e. The van der Waals surface area contributed by atoms with E-state index in [1.807, 2.05) is 32.0 Å². The Hall–Kier alpha value is -3.20. The van der Waals surface area contributed by atoms with Crippen molar-refractivity contribution in [3.8, 4) is 5.75 Å². The van der Waals surface area contributed by atoms with Gasteiger partial charge >= 0.3 is 5.91 Å². The molecule has 0 aliphatic heterocycles. The summed E-state index contributed by atoms with van der Waals surface area (Å²) < 4.78 is 12.0. The van der Waals surface area contributed by atoms with E-state index in [2.05, 4.69) is 26.5 Å². The highest BCUT2D eigenvalue weighted by Gasteiger charge is 2.14. The molecule has 0 aliphatic carbocycles. The van der Waals surface area contributed by atoms with Crippen LogP contribution in [0.2, 0.25) is 0 Å². The summed E-state index contributed by atoms with van der Waals surface area (Å²) in [5.74, 6) is 0.184. The third kappa shape index (κ3) is 5.00. The third-order valence-corrected chi connectivity index (χ3v) is 4.79. The van der Waals surface area contributed by atoms with Gasteiger partial charge in [0.15, 0.2) is 5.76 Å². The number of hydrogen-bond donors (Lipinski definition) is 1. The maximum absolute atomic E-state index is 12.2. The van der Waals surface area contributed by atoms with E-state index in [0.29, 0.717) is 11.0 Å². The number of ether oxygens (including phenoxy) is 1. The molecule has 0 bridgehead atoms. The van der Waals surface area contributed by atoms with Crippen LogP contribution in [-0.4, -0.2) is 23.1 Å². The van der Waals surface area contributed by atoms with E-state index in [1.165, 1.54) is 30.5 Å². The number of non-ortho nitro benzene ring substituents is 1. The van der Waals surface area contributed by atoms with Crippen molar-refractivity contribution in [1.29, 1.82) is 0 Å². The summed E-state index contributed by atoms with van der Waals surface area (Å²) in [5, 5.41) is 15.2. The summed E-state index contributed by atoms with van der Waals surface area (Å²) >= 11 is 3.46. The van der Waals surface area contributed by atoms with Gasteiger partial charge in [-0.15, -0.1) is 0 Å². The van der Waals surface area contributed by atoms with Crippen molar-refractivity contribution in [1.82, 2.24) is 5.43 Å². The van der Waals surface area contributed by atoms with E-state index in [0.717, 1.165) is 22.2 Å². The van der Waals surface area contributed by atoms with Crippen molar-refractivity contribution in [2.24, 2.45) is 5.10 Å². The number of halogens is 1. The number of nitro groups is 1. The van der Waals surface area contributed by atoms with E-state index < -0.39 is 10.8 Å². The minimum Gasteiger partial charge on any atom is -0.490 e. The van der Waals surface area contributed by atoms with Gasteiger partial charge in [-0.25, -0.2) is 5.43 Å². The van der Waals surface area contributed by atoms with Crippen molar-refractivity contribution in [2.75, 3.05) is 0 Å². The SMILES string of the molecule is CCC(C)Oc1ccc(C=NNC(=O)c2cc3cc([N+](=O)[O-])ccc3o2)cc1Br. The lowest BCUT2D eigenvalue weighted by Gasteiger charge is -2.14. The second-order valence-corrected chi connectivity index (χ2v) is 7.17. The first kappa shape index (κ1) is 20.5. The Kier molecular flexibility index (Phi) is 6.28. The van der Waals surface area contributed by atoms with Crippen LogP contribution in [0.15, 0.2) is 56.5 Å². The molecule has 0 aliphatic rings. The van der Waals surface area contributed by atoms with E-state index in [9.17, 15) is 14.9 Å². The van der Waals surface area contributed by atoms with Crippen LogP contribution in [0.5, 0.6) is 5.75 Å². The fourth-order valence-corrected chi connectivity index (χ4v) is 2.96. The Labute approximate surface area is 174 Å². The molecular formula is C20H18BrN3O5. The largest absolute Gasteiger partial charge is 0.490 e. The number of hydrazone groups is 1. The summed E-state index contributed by atoms with van der Waals surface area (Å²) in [6.45, 7) is 4.04. The standard InChI is InChI=1S/C20H18BrN3O5/c1-3-12(2)28-18-6-4-13(8-16(18)21)11-22-23-20(25)19-10-14-9-15(24(26)27)5-7-17(14)29-19/h4-12H,3H2,1-2H3,(H,23,25). The Morgan fingerprint density at radius 2 is 2.14 bits per heavy atom. The number of benzene rings is 2. The predicted molar refractivity (Wildman–Crippen MR) is 112 cm³/mol. The second kappa shape index (κ2) is 8.87. The molecule has 1 heterocycles. The van der Waals surface area contributed by atoms with Crippen LogP contribution >= 0.6 is 15.9 Å². The second-order valence-electron chi connectivity index (χ2n) is 6.32. The average Bonchev–Trinajstić information content (AvgIpc) is 3.13. The molecule has 1 atom stereocenters. The number of nitrogens with zero attached hydrogens (tertiary/aromatic N) is 2. The number of nitrogens with one attached hydrogen (secondary N) is 1. The quantitative estimate of drug-likeness (QED) is 0.302. The van der Waals surface area contributed by atoms with E-state index in [-0.39, 0.29) is 17.6 Å². The van der Waals surface area contributed by atoms with Gasteiger partial charge in [-0.3, -0.25) is 14.9 Å². The zero-order valence-corrected chi connectivity index (χ0v) is 17.3. The fraction of sp³-hybridized carbons (Fsp3) is 0.200. The monoisotopic (exact) mass is 459 g/mol. The van der Waals surface area contributed by atoms with Crippen molar-refractivity contribution >= 4 is 44.7 Å². The first-order chi connectivity index (χ1) is 13.9. The third-order valence-electron chi connectivity index (χ3n) is 4.17. The van der Waals surface area contributed by atoms with Crippen LogP contribution in [0.25, 0.3) is 11.0 Å². The Morgan fingerprint density at radius 3 is 2.83 bits per heavy atom. The first-order valence-electron chi connectivity index (χ1n) is 8.85. The van der Waals surface area contributed by atoms with Gasteiger partial charge in [0.25, 0.3) is 5.69 Å². The molecule has 3 aromatic rings. The molecule has 0 spiro atoms. The lowest BCUT2D eigenvalue weighted by Crippen LogP contribution is -2.16. The number of rotatable bonds is 7. The van der Waals surface area contributed by atoms with Gasteiger partial charge in [0.1, 0.15) is 11.3 Å². The van der Waals surface area contributed by atoms with E-state index >= 15 is 0 Å². The minimum atomic E-state index is -0.559. The summed E-state index contributed by atoms with van der Waals surface area (Å²) in [6.07, 6.45) is 2.50. The fourth-order valence-electron chi connectivity index (χ4n) is 2.47. The molecular weight excluding hydrogens is 442 g/mol. The molecule has 0 radical (unpaired) electrons. The highest BCUT2D eigenvalue weighted by Crippen LogP contribution is 2.27. The lowest BCUT2D eigenvalue weighted by molar-refractivity contribution is -0.384. The van der Waals surface area contributed by atoms with Crippen LogP contribution in [0.3, 0.4) is 0 Å². The molecule has 0 saturated carbocycles. The molecule has 150 valence electrons. The van der Waals surface area contributed by atoms with Crippen LogP contribution in [0, 0.1) is 10.1 Å². The van der Waals surface area contributed by atoms with E-state index in [1.54, 1.807) is 0 Å². The summed E-state index contributed by atoms with van der Waals surface area (Å²) in [7, 11) is 0. The van der Waals surface area contributed by atoms with Gasteiger partial charge in [0.2, 0.25) is 0 Å². The summed E-state index contributed by atoms with van der Waals surface area (Å²) in [4.78, 5) is 22.6. The number of nitro benzene ring substituents is 1. The van der Waals surface area contributed by atoms with Gasteiger partial charge in [-0.2, -0.15) is 5.10 Å². The number of carbonyl (C=O) groups is 1. The van der Waals surface area contributed by atoms with Gasteiger partial charge in [0, 0.05) is 17.5 Å². The first-order valence-corrected chi connectivity index (χ1v) is 9.64. The molecule has 9 heteroatoms. The lowest BCUT2D eigenvalue weighted by atomic mass is 10.2. The summed E-state index contributed by atoms with van der Waals surface area (Å²) in [6, 6.07) is 11.0. The van der Waals surface area contributed by atoms with Crippen molar-refractivity contribution in [3.05, 3.63) is 68.4 Å². The van der Waals surface area contributed by atoms with Gasteiger partial charge in [-0.1, -0.05) is 6.92 Å². The van der Waals surface area contributed by atoms with Crippen molar-refractivity contribution in [2.45, 2.75) is 26.4 Å². The number of carbonyl (C=O) groups excluding carboxylic acids is 1. The van der Waals surface area contributed by atoms with Gasteiger partial charge < -0.3 is 9.15 Å². The zero-order valence-electron chi connectivity index (χ0n) is 15.7. The zero-order chi connectivity index (χ0) is 21.0. The molecule has 1 amide bonds. The van der Waals surface area contributed by atoms with Gasteiger partial charge in [-0.05, 0) is 65.2 Å². The van der Waals surface area contributed by atoms with E-state index in [4.69, 9.17) is 9.15 Å². The Morgan fingerprint density at radius 1 is 1.34 bits per heavy atom. The smallest absolute Gasteiger partial charge is 0.307 e. The Bertz CT molecular complexity index is 1090. The Balaban J connectivity index is 1.67. The predicted octanol–water partition coefficient (Wildman–Crippen LogP) is 5.04. The van der Waals surface area contributed by atoms with Gasteiger partial charge in [0.05, 0.1) is 21.7 Å². The number of fused-ring (bicyclic) bond motifs is 1. The molecule has 1 aromatic heterocycles. The van der Waals surface area contributed by atoms with Crippen LogP contribution < -0.4 is 10.2 Å². The molecule has 1 unspecified atom stereocenters. The average molecular weight is 460 g/mol.